The summed E-state index contributed by atoms with van der Waals surface area (Å²) in [5.74, 6) is 2.17. The number of aromatic nitrogens is 2. The normalized spacial score (nSPS) is 12.2. The fourth-order valence-electron chi connectivity index (χ4n) is 1.50. The first kappa shape index (κ1) is 14.7. The van der Waals surface area contributed by atoms with Gasteiger partial charge in [-0.05, 0) is 18.9 Å². The molecule has 0 aliphatic rings. The van der Waals surface area contributed by atoms with Crippen LogP contribution in [0.2, 0.25) is 0 Å². The molecular formula is C13H25N5. The lowest BCUT2D eigenvalue weighted by molar-refractivity contribution is 0.627. The summed E-state index contributed by atoms with van der Waals surface area (Å²) in [4.78, 5) is 8.38. The van der Waals surface area contributed by atoms with Crippen molar-refractivity contribution in [3.63, 3.8) is 0 Å². The quantitative estimate of drug-likeness (QED) is 0.586. The van der Waals surface area contributed by atoms with Crippen LogP contribution in [0.15, 0.2) is 12.4 Å². The molecule has 1 heterocycles. The molecule has 0 bridgehead atoms. The minimum atomic E-state index is 0.445. The lowest BCUT2D eigenvalue weighted by Crippen LogP contribution is -2.20. The molecule has 0 amide bonds. The predicted octanol–water partition coefficient (Wildman–Crippen LogP) is 2.09. The minimum Gasteiger partial charge on any atom is -0.370 e. The molecule has 0 saturated heterocycles. The van der Waals surface area contributed by atoms with Crippen molar-refractivity contribution >= 4 is 11.6 Å². The summed E-state index contributed by atoms with van der Waals surface area (Å²) in [6, 6.07) is 1.94. The number of nitrogens with two attached hydrogens (primary N) is 1. The van der Waals surface area contributed by atoms with Crippen molar-refractivity contribution in [2.75, 3.05) is 30.3 Å². The number of nitrogens with zero attached hydrogens (tertiary/aromatic N) is 2. The summed E-state index contributed by atoms with van der Waals surface area (Å²) < 4.78 is 0. The van der Waals surface area contributed by atoms with Crippen LogP contribution in [0.3, 0.4) is 0 Å². The van der Waals surface area contributed by atoms with E-state index >= 15 is 0 Å². The second-order valence-electron chi connectivity index (χ2n) is 4.64. The molecule has 0 aliphatic carbocycles. The van der Waals surface area contributed by atoms with Crippen LogP contribution >= 0.6 is 0 Å². The minimum absolute atomic E-state index is 0.445. The van der Waals surface area contributed by atoms with Gasteiger partial charge in [0.2, 0.25) is 0 Å². The summed E-state index contributed by atoms with van der Waals surface area (Å²) in [5.41, 5.74) is 5.58. The van der Waals surface area contributed by atoms with Gasteiger partial charge in [0.25, 0.3) is 0 Å². The van der Waals surface area contributed by atoms with Gasteiger partial charge in [-0.1, -0.05) is 26.7 Å². The highest BCUT2D eigenvalue weighted by atomic mass is 15.1. The Labute approximate surface area is 110 Å². The number of anilines is 2. The Bertz CT molecular complexity index is 329. The molecule has 0 aliphatic heterocycles. The second kappa shape index (κ2) is 8.69. The van der Waals surface area contributed by atoms with Gasteiger partial charge in [0, 0.05) is 19.2 Å². The zero-order valence-electron chi connectivity index (χ0n) is 11.4. The standard InChI is InChI=1S/C13H25N5/c1-3-4-5-6-15-12-7-13(18-10-17-12)16-9-11(2)8-14/h7,10-11H,3-6,8-9,14H2,1-2H3,(H2,15,16,17,18). The maximum absolute atomic E-state index is 5.58. The number of rotatable bonds is 9. The van der Waals surface area contributed by atoms with Gasteiger partial charge in [0.15, 0.2) is 0 Å². The molecule has 5 heteroatoms. The number of unbranched alkanes of at least 4 members (excludes halogenated alkanes) is 2. The van der Waals surface area contributed by atoms with Crippen molar-refractivity contribution in [1.82, 2.24) is 9.97 Å². The SMILES string of the molecule is CCCCCNc1cc(NCC(C)CN)ncn1. The van der Waals surface area contributed by atoms with Crippen LogP contribution in [0, 0.1) is 5.92 Å². The van der Waals surface area contributed by atoms with E-state index < -0.39 is 0 Å². The average Bonchev–Trinajstić information content (AvgIpc) is 2.41. The smallest absolute Gasteiger partial charge is 0.131 e. The molecule has 0 aromatic carbocycles. The summed E-state index contributed by atoms with van der Waals surface area (Å²) in [6.07, 6.45) is 5.23. The van der Waals surface area contributed by atoms with E-state index in [1.54, 1.807) is 6.33 Å². The van der Waals surface area contributed by atoms with E-state index in [1.165, 1.54) is 19.3 Å². The topological polar surface area (TPSA) is 75.9 Å². The van der Waals surface area contributed by atoms with E-state index in [0.717, 1.165) is 24.7 Å². The molecule has 1 rings (SSSR count). The van der Waals surface area contributed by atoms with Gasteiger partial charge < -0.3 is 16.4 Å². The van der Waals surface area contributed by atoms with Crippen molar-refractivity contribution in [3.05, 3.63) is 12.4 Å². The van der Waals surface area contributed by atoms with Gasteiger partial charge in [-0.3, -0.25) is 0 Å². The second-order valence-corrected chi connectivity index (χ2v) is 4.64. The Hall–Kier alpha value is -1.36. The monoisotopic (exact) mass is 251 g/mol. The van der Waals surface area contributed by atoms with Crippen molar-refractivity contribution in [2.24, 2.45) is 11.7 Å². The molecule has 18 heavy (non-hydrogen) atoms. The number of hydrogen-bond acceptors (Lipinski definition) is 5. The van der Waals surface area contributed by atoms with Crippen LogP contribution in [-0.2, 0) is 0 Å². The third-order valence-corrected chi connectivity index (χ3v) is 2.79. The van der Waals surface area contributed by atoms with Gasteiger partial charge in [-0.15, -0.1) is 0 Å². The molecule has 0 spiro atoms. The van der Waals surface area contributed by atoms with E-state index in [4.69, 9.17) is 5.73 Å². The fraction of sp³-hybridized carbons (Fsp3) is 0.692. The van der Waals surface area contributed by atoms with Gasteiger partial charge in [0.05, 0.1) is 0 Å². The van der Waals surface area contributed by atoms with Crippen molar-refractivity contribution < 1.29 is 0 Å². The van der Waals surface area contributed by atoms with Crippen LogP contribution in [0.5, 0.6) is 0 Å². The summed E-state index contributed by atoms with van der Waals surface area (Å²) in [5, 5.41) is 6.57. The lowest BCUT2D eigenvalue weighted by atomic mass is 10.2. The Morgan fingerprint density at radius 3 is 2.61 bits per heavy atom. The zero-order valence-corrected chi connectivity index (χ0v) is 11.4. The van der Waals surface area contributed by atoms with E-state index in [9.17, 15) is 0 Å². The maximum Gasteiger partial charge on any atom is 0.131 e. The highest BCUT2D eigenvalue weighted by Crippen LogP contribution is 2.09. The van der Waals surface area contributed by atoms with Gasteiger partial charge in [-0.25, -0.2) is 9.97 Å². The Morgan fingerprint density at radius 2 is 1.94 bits per heavy atom. The number of nitrogens with one attached hydrogen (secondary N) is 2. The first-order valence-corrected chi connectivity index (χ1v) is 6.76. The molecule has 1 aromatic rings. The molecule has 0 saturated carbocycles. The third kappa shape index (κ3) is 5.82. The Kier molecular flexibility index (Phi) is 7.10. The molecule has 1 atom stereocenters. The number of hydrogen-bond donors (Lipinski definition) is 3. The van der Waals surface area contributed by atoms with Crippen molar-refractivity contribution in [1.29, 1.82) is 0 Å². The maximum atomic E-state index is 5.58. The van der Waals surface area contributed by atoms with Gasteiger partial charge in [0.1, 0.15) is 18.0 Å². The molecule has 0 fully saturated rings. The zero-order chi connectivity index (χ0) is 13.2. The van der Waals surface area contributed by atoms with E-state index in [2.05, 4.69) is 34.4 Å². The van der Waals surface area contributed by atoms with Crippen LogP contribution < -0.4 is 16.4 Å². The molecule has 5 nitrogen and oxygen atoms in total. The van der Waals surface area contributed by atoms with E-state index in [-0.39, 0.29) is 0 Å². The molecule has 102 valence electrons. The van der Waals surface area contributed by atoms with Crippen LogP contribution in [-0.4, -0.2) is 29.6 Å². The van der Waals surface area contributed by atoms with Crippen LogP contribution in [0.1, 0.15) is 33.1 Å². The molecule has 1 aromatic heterocycles. The average molecular weight is 251 g/mol. The highest BCUT2D eigenvalue weighted by Gasteiger charge is 2.01. The summed E-state index contributed by atoms with van der Waals surface area (Å²) in [6.45, 7) is 6.79. The largest absolute Gasteiger partial charge is 0.370 e. The summed E-state index contributed by atoms with van der Waals surface area (Å²) >= 11 is 0. The summed E-state index contributed by atoms with van der Waals surface area (Å²) in [7, 11) is 0. The first-order chi connectivity index (χ1) is 8.76. The van der Waals surface area contributed by atoms with Gasteiger partial charge >= 0.3 is 0 Å². The van der Waals surface area contributed by atoms with E-state index in [0.29, 0.717) is 12.5 Å². The fourth-order valence-corrected chi connectivity index (χ4v) is 1.50. The molecular weight excluding hydrogens is 226 g/mol. The Balaban J connectivity index is 2.36. The lowest BCUT2D eigenvalue weighted by Gasteiger charge is -2.11. The Morgan fingerprint density at radius 1 is 1.22 bits per heavy atom. The molecule has 0 radical (unpaired) electrons. The van der Waals surface area contributed by atoms with Crippen LogP contribution in [0.4, 0.5) is 11.6 Å². The predicted molar refractivity (Wildman–Crippen MR) is 76.8 cm³/mol. The first-order valence-electron chi connectivity index (χ1n) is 6.76. The third-order valence-electron chi connectivity index (χ3n) is 2.79. The highest BCUT2D eigenvalue weighted by molar-refractivity contribution is 5.46. The van der Waals surface area contributed by atoms with Crippen LogP contribution in [0.25, 0.3) is 0 Å². The van der Waals surface area contributed by atoms with Crippen molar-refractivity contribution in [2.45, 2.75) is 33.1 Å². The molecule has 1 unspecified atom stereocenters. The van der Waals surface area contributed by atoms with Crippen molar-refractivity contribution in [3.8, 4) is 0 Å². The van der Waals surface area contributed by atoms with E-state index in [1.807, 2.05) is 6.07 Å². The molecule has 4 N–H and O–H groups in total. The van der Waals surface area contributed by atoms with Gasteiger partial charge in [-0.2, -0.15) is 0 Å².